The molecule has 0 aromatic heterocycles. The van der Waals surface area contributed by atoms with Crippen molar-refractivity contribution in [2.24, 2.45) is 10.2 Å². The first-order valence-corrected chi connectivity index (χ1v) is 1.75. The molecule has 1 aliphatic heterocycles. The Morgan fingerprint density at radius 1 is 1.67 bits per heavy atom. The van der Waals surface area contributed by atoms with Crippen molar-refractivity contribution in [2.75, 3.05) is 6.67 Å². The fourth-order valence-electron chi connectivity index (χ4n) is 0.268. The largest absolute Gasteiger partial charge is 0.369 e. The molecule has 1 N–H and O–H groups in total. The Balaban J connectivity index is 2.46. The van der Waals surface area contributed by atoms with Crippen LogP contribution in [0.15, 0.2) is 22.6 Å². The minimum atomic E-state index is 0.622. The number of rotatable bonds is 0. The van der Waals surface area contributed by atoms with Gasteiger partial charge in [0.25, 0.3) is 0 Å². The molecule has 0 aromatic carbocycles. The number of nitrogens with one attached hydrogen (secondary N) is 1. The van der Waals surface area contributed by atoms with E-state index in [2.05, 4.69) is 15.5 Å². The highest BCUT2D eigenvalue weighted by Gasteiger charge is 1.75. The maximum atomic E-state index is 3.60. The van der Waals surface area contributed by atoms with Crippen LogP contribution in [0.5, 0.6) is 0 Å². The minimum Gasteiger partial charge on any atom is -0.369 e. The van der Waals surface area contributed by atoms with Gasteiger partial charge in [0.15, 0.2) is 0 Å². The number of azo groups is 1. The molecule has 1 rings (SSSR count). The molecule has 3 heteroatoms. The Labute approximate surface area is 35.8 Å². The van der Waals surface area contributed by atoms with Crippen molar-refractivity contribution in [1.82, 2.24) is 5.32 Å². The highest BCUT2D eigenvalue weighted by atomic mass is 15.2. The summed E-state index contributed by atoms with van der Waals surface area (Å²) in [7, 11) is 0. The number of nitrogens with zero attached hydrogens (tertiary/aromatic N) is 2. The van der Waals surface area contributed by atoms with Gasteiger partial charge in [-0.2, -0.15) is 10.2 Å². The van der Waals surface area contributed by atoms with Gasteiger partial charge >= 0.3 is 0 Å². The second-order valence-electron chi connectivity index (χ2n) is 0.935. The maximum Gasteiger partial charge on any atom is 0.129 e. The van der Waals surface area contributed by atoms with Gasteiger partial charge in [0.05, 0.1) is 6.20 Å². The van der Waals surface area contributed by atoms with E-state index in [0.717, 1.165) is 0 Å². The summed E-state index contributed by atoms with van der Waals surface area (Å²) in [5, 5.41) is 10.0. The molecule has 3 nitrogen and oxygen atoms in total. The van der Waals surface area contributed by atoms with Crippen LogP contribution < -0.4 is 5.32 Å². The fourth-order valence-corrected chi connectivity index (χ4v) is 0.268. The second kappa shape index (κ2) is 1.55. The summed E-state index contributed by atoms with van der Waals surface area (Å²) in [5.74, 6) is 0. The summed E-state index contributed by atoms with van der Waals surface area (Å²) in [6.07, 6.45) is 3.37. The summed E-state index contributed by atoms with van der Waals surface area (Å²) >= 11 is 0. The van der Waals surface area contributed by atoms with Crippen molar-refractivity contribution in [1.29, 1.82) is 0 Å². The quantitative estimate of drug-likeness (QED) is 0.454. The molecular weight excluding hydrogens is 78.1 g/mol. The Bertz CT molecular complexity index is 72.0. The average Bonchev–Trinajstić information content (AvgIpc) is 1.72. The van der Waals surface area contributed by atoms with Crippen LogP contribution in [0, 0.1) is 0 Å². The van der Waals surface area contributed by atoms with Gasteiger partial charge in [-0.05, 0) is 0 Å². The molecule has 0 fully saturated rings. The molecule has 1 aliphatic rings. The average molecular weight is 83.1 g/mol. The molecule has 0 radical (unpaired) electrons. The molecule has 6 heavy (non-hydrogen) atoms. The zero-order valence-corrected chi connectivity index (χ0v) is 3.26. The van der Waals surface area contributed by atoms with E-state index in [1.807, 2.05) is 0 Å². The standard InChI is InChI=1S/C3H5N3/c1-2-5-6-3-4-1/h1-2,4H,3H2. The van der Waals surface area contributed by atoms with E-state index >= 15 is 0 Å². The highest BCUT2D eigenvalue weighted by molar-refractivity contribution is 4.77. The summed E-state index contributed by atoms with van der Waals surface area (Å²) < 4.78 is 0. The van der Waals surface area contributed by atoms with E-state index in [1.54, 1.807) is 12.4 Å². The molecule has 0 aromatic rings. The van der Waals surface area contributed by atoms with E-state index in [4.69, 9.17) is 0 Å². The zero-order chi connectivity index (χ0) is 4.24. The van der Waals surface area contributed by atoms with Crippen molar-refractivity contribution in [3.63, 3.8) is 0 Å². The van der Waals surface area contributed by atoms with Gasteiger partial charge < -0.3 is 5.32 Å². The van der Waals surface area contributed by atoms with E-state index in [0.29, 0.717) is 6.67 Å². The van der Waals surface area contributed by atoms with Crippen LogP contribution in [0.4, 0.5) is 0 Å². The predicted molar refractivity (Wildman–Crippen MR) is 22.0 cm³/mol. The third-order valence-electron chi connectivity index (χ3n) is 0.503. The lowest BCUT2D eigenvalue weighted by molar-refractivity contribution is 0.800. The minimum absolute atomic E-state index is 0.622. The van der Waals surface area contributed by atoms with Gasteiger partial charge in [-0.3, -0.25) is 0 Å². The van der Waals surface area contributed by atoms with Gasteiger partial charge in [0, 0.05) is 6.20 Å². The summed E-state index contributed by atoms with van der Waals surface area (Å²) in [4.78, 5) is 0. The van der Waals surface area contributed by atoms with Crippen LogP contribution in [0.1, 0.15) is 0 Å². The van der Waals surface area contributed by atoms with Crippen LogP contribution in [-0.4, -0.2) is 6.67 Å². The van der Waals surface area contributed by atoms with E-state index in [9.17, 15) is 0 Å². The second-order valence-corrected chi connectivity index (χ2v) is 0.935. The van der Waals surface area contributed by atoms with Crippen LogP contribution >= 0.6 is 0 Å². The molecule has 0 atom stereocenters. The smallest absolute Gasteiger partial charge is 0.129 e. The van der Waals surface area contributed by atoms with E-state index < -0.39 is 0 Å². The fraction of sp³-hybridized carbons (Fsp3) is 0.333. The van der Waals surface area contributed by atoms with Gasteiger partial charge in [-0.25, -0.2) is 0 Å². The van der Waals surface area contributed by atoms with Crippen LogP contribution in [0.3, 0.4) is 0 Å². The Morgan fingerprint density at radius 2 is 2.67 bits per heavy atom. The SMILES string of the molecule is C1=CNCN=N1. The van der Waals surface area contributed by atoms with Gasteiger partial charge in [-0.1, -0.05) is 0 Å². The normalized spacial score (nSPS) is 17.3. The molecule has 0 amide bonds. The number of hydrogen-bond acceptors (Lipinski definition) is 3. The third-order valence-corrected chi connectivity index (χ3v) is 0.503. The van der Waals surface area contributed by atoms with Gasteiger partial charge in [-0.15, -0.1) is 0 Å². The lowest BCUT2D eigenvalue weighted by Gasteiger charge is -1.92. The van der Waals surface area contributed by atoms with Crippen LogP contribution in [0.2, 0.25) is 0 Å². The summed E-state index contributed by atoms with van der Waals surface area (Å²) in [5.41, 5.74) is 0. The topological polar surface area (TPSA) is 36.8 Å². The predicted octanol–water partition coefficient (Wildman–Crippen LogP) is 0.471. The van der Waals surface area contributed by atoms with E-state index in [1.165, 1.54) is 0 Å². The molecule has 0 aliphatic carbocycles. The van der Waals surface area contributed by atoms with Gasteiger partial charge in [0.2, 0.25) is 0 Å². The molecule has 32 valence electrons. The Morgan fingerprint density at radius 3 is 2.83 bits per heavy atom. The molecule has 0 unspecified atom stereocenters. The summed E-state index contributed by atoms with van der Waals surface area (Å²) in [6, 6.07) is 0. The van der Waals surface area contributed by atoms with Crippen molar-refractivity contribution >= 4 is 0 Å². The Hall–Kier alpha value is -0.860. The van der Waals surface area contributed by atoms with Gasteiger partial charge in [0.1, 0.15) is 6.67 Å². The molecule has 0 saturated heterocycles. The van der Waals surface area contributed by atoms with Crippen LogP contribution in [0.25, 0.3) is 0 Å². The van der Waals surface area contributed by atoms with Crippen molar-refractivity contribution in [3.8, 4) is 0 Å². The monoisotopic (exact) mass is 83.0 g/mol. The first kappa shape index (κ1) is 3.33. The molecule has 0 bridgehead atoms. The Kier molecular flexibility index (Phi) is 0.859. The molecular formula is C3H5N3. The maximum absolute atomic E-state index is 3.60. The summed E-state index contributed by atoms with van der Waals surface area (Å²) in [6.45, 7) is 0.622. The molecule has 0 saturated carbocycles. The lowest BCUT2D eigenvalue weighted by atomic mass is 10.8. The number of hydrogen-bond donors (Lipinski definition) is 1. The van der Waals surface area contributed by atoms with Crippen LogP contribution in [-0.2, 0) is 0 Å². The zero-order valence-electron chi connectivity index (χ0n) is 3.26. The first-order valence-electron chi connectivity index (χ1n) is 1.75. The lowest BCUT2D eigenvalue weighted by Crippen LogP contribution is -2.04. The van der Waals surface area contributed by atoms with Crippen molar-refractivity contribution in [3.05, 3.63) is 12.4 Å². The van der Waals surface area contributed by atoms with Crippen molar-refractivity contribution in [2.45, 2.75) is 0 Å². The molecule has 0 spiro atoms. The highest BCUT2D eigenvalue weighted by Crippen LogP contribution is 1.79. The molecule has 1 heterocycles. The van der Waals surface area contributed by atoms with Crippen molar-refractivity contribution < 1.29 is 0 Å². The third kappa shape index (κ3) is 0.544. The van der Waals surface area contributed by atoms with E-state index in [-0.39, 0.29) is 0 Å². The first-order chi connectivity index (χ1) is 3.00.